The molecule has 0 aromatic carbocycles. The van der Waals surface area contributed by atoms with E-state index in [1.807, 2.05) is 0 Å². The summed E-state index contributed by atoms with van der Waals surface area (Å²) in [5.74, 6) is -0.828. The van der Waals surface area contributed by atoms with Crippen molar-refractivity contribution in [2.75, 3.05) is 6.54 Å². The van der Waals surface area contributed by atoms with E-state index in [9.17, 15) is 9.59 Å². The van der Waals surface area contributed by atoms with Crippen LogP contribution in [0.1, 0.15) is 24.2 Å². The van der Waals surface area contributed by atoms with Gasteiger partial charge >= 0.3 is 5.97 Å². The number of amides is 1. The Morgan fingerprint density at radius 1 is 1.44 bits per heavy atom. The van der Waals surface area contributed by atoms with Crippen molar-refractivity contribution in [3.8, 4) is 0 Å². The van der Waals surface area contributed by atoms with Crippen molar-refractivity contribution in [3.05, 3.63) is 30.1 Å². The normalized spacial score (nSPS) is 11.6. The third-order valence-electron chi connectivity index (χ3n) is 1.92. The van der Waals surface area contributed by atoms with Crippen LogP contribution < -0.4 is 5.32 Å². The predicted octanol–water partition coefficient (Wildman–Crippen LogP) is 0.763. The van der Waals surface area contributed by atoms with Crippen LogP contribution in [-0.4, -0.2) is 29.5 Å². The molecule has 0 bridgehead atoms. The van der Waals surface area contributed by atoms with Crippen molar-refractivity contribution < 1.29 is 14.3 Å². The summed E-state index contributed by atoms with van der Waals surface area (Å²) in [4.78, 5) is 26.6. The molecule has 0 aliphatic carbocycles. The van der Waals surface area contributed by atoms with E-state index < -0.39 is 12.1 Å². The molecule has 1 aromatic heterocycles. The SMILES string of the molecule is CCNC(=O)[C@H](C)OC(=O)c1ccncc1. The van der Waals surface area contributed by atoms with E-state index in [0.717, 1.165) is 0 Å². The Labute approximate surface area is 93.8 Å². The van der Waals surface area contributed by atoms with E-state index in [1.54, 1.807) is 6.92 Å². The molecule has 16 heavy (non-hydrogen) atoms. The van der Waals surface area contributed by atoms with Gasteiger partial charge in [-0.25, -0.2) is 4.79 Å². The molecule has 0 saturated heterocycles. The highest BCUT2D eigenvalue weighted by Gasteiger charge is 2.17. The second kappa shape index (κ2) is 5.85. The molecule has 0 unspecified atom stereocenters. The van der Waals surface area contributed by atoms with Crippen LogP contribution in [-0.2, 0) is 9.53 Å². The summed E-state index contributed by atoms with van der Waals surface area (Å²) in [6, 6.07) is 3.07. The van der Waals surface area contributed by atoms with E-state index in [4.69, 9.17) is 4.74 Å². The lowest BCUT2D eigenvalue weighted by Gasteiger charge is -2.12. The largest absolute Gasteiger partial charge is 0.449 e. The summed E-state index contributed by atoms with van der Waals surface area (Å²) in [6.45, 7) is 3.84. The molecule has 1 aromatic rings. The van der Waals surface area contributed by atoms with Crippen LogP contribution in [0.5, 0.6) is 0 Å². The predicted molar refractivity (Wildman–Crippen MR) is 57.8 cm³/mol. The van der Waals surface area contributed by atoms with Crippen molar-refractivity contribution in [3.63, 3.8) is 0 Å². The summed E-state index contributed by atoms with van der Waals surface area (Å²) in [7, 11) is 0. The zero-order valence-electron chi connectivity index (χ0n) is 9.27. The molecule has 0 spiro atoms. The van der Waals surface area contributed by atoms with Crippen molar-refractivity contribution >= 4 is 11.9 Å². The molecule has 86 valence electrons. The van der Waals surface area contributed by atoms with Gasteiger partial charge in [-0.15, -0.1) is 0 Å². The standard InChI is InChI=1S/C11H14N2O3/c1-3-13-10(14)8(2)16-11(15)9-4-6-12-7-5-9/h4-8H,3H2,1-2H3,(H,13,14)/t8-/m0/s1. The van der Waals surface area contributed by atoms with E-state index in [0.29, 0.717) is 12.1 Å². The number of pyridine rings is 1. The van der Waals surface area contributed by atoms with Gasteiger partial charge < -0.3 is 10.1 Å². The van der Waals surface area contributed by atoms with Crippen molar-refractivity contribution in [1.29, 1.82) is 0 Å². The molecule has 1 amide bonds. The molecule has 0 aliphatic rings. The van der Waals surface area contributed by atoms with Crippen LogP contribution in [0.15, 0.2) is 24.5 Å². The zero-order chi connectivity index (χ0) is 12.0. The number of hydrogen-bond acceptors (Lipinski definition) is 4. The molecule has 1 rings (SSSR count). The molecule has 0 saturated carbocycles. The third-order valence-corrected chi connectivity index (χ3v) is 1.92. The molecule has 0 radical (unpaired) electrons. The van der Waals surface area contributed by atoms with Crippen LogP contribution in [0.3, 0.4) is 0 Å². The number of carbonyl (C=O) groups excluding carboxylic acids is 2. The Hall–Kier alpha value is -1.91. The summed E-state index contributed by atoms with van der Waals surface area (Å²) in [6.07, 6.45) is 2.20. The van der Waals surface area contributed by atoms with Crippen LogP contribution in [0.2, 0.25) is 0 Å². The van der Waals surface area contributed by atoms with Crippen molar-refractivity contribution in [2.45, 2.75) is 20.0 Å². The maximum atomic E-state index is 11.5. The maximum absolute atomic E-state index is 11.5. The number of nitrogens with one attached hydrogen (secondary N) is 1. The number of hydrogen-bond donors (Lipinski definition) is 1. The minimum atomic E-state index is -0.791. The van der Waals surface area contributed by atoms with E-state index in [1.165, 1.54) is 31.5 Å². The van der Waals surface area contributed by atoms with E-state index in [2.05, 4.69) is 10.3 Å². The molecular formula is C11H14N2O3. The van der Waals surface area contributed by atoms with Gasteiger partial charge in [0, 0.05) is 18.9 Å². The molecule has 1 atom stereocenters. The van der Waals surface area contributed by atoms with E-state index >= 15 is 0 Å². The average molecular weight is 222 g/mol. The van der Waals surface area contributed by atoms with Gasteiger partial charge in [-0.3, -0.25) is 9.78 Å². The molecule has 5 nitrogen and oxygen atoms in total. The Morgan fingerprint density at radius 3 is 2.62 bits per heavy atom. The summed E-state index contributed by atoms with van der Waals surface area (Å²) in [5.41, 5.74) is 0.381. The first-order valence-electron chi connectivity index (χ1n) is 5.04. The Bertz CT molecular complexity index is 365. The molecule has 0 fully saturated rings. The second-order valence-corrected chi connectivity index (χ2v) is 3.18. The highest BCUT2D eigenvalue weighted by molar-refractivity contribution is 5.91. The molecule has 1 heterocycles. The number of ether oxygens (including phenoxy) is 1. The molecule has 5 heteroatoms. The second-order valence-electron chi connectivity index (χ2n) is 3.18. The van der Waals surface area contributed by atoms with Gasteiger partial charge in [-0.2, -0.15) is 0 Å². The number of nitrogens with zero attached hydrogens (tertiary/aromatic N) is 1. The third kappa shape index (κ3) is 3.34. The molecule has 0 aliphatic heterocycles. The monoisotopic (exact) mass is 222 g/mol. The fraction of sp³-hybridized carbons (Fsp3) is 0.364. The van der Waals surface area contributed by atoms with Gasteiger partial charge in [0.2, 0.25) is 0 Å². The number of rotatable bonds is 4. The quantitative estimate of drug-likeness (QED) is 0.764. The minimum Gasteiger partial charge on any atom is -0.449 e. The van der Waals surface area contributed by atoms with Crippen LogP contribution in [0.25, 0.3) is 0 Å². The maximum Gasteiger partial charge on any atom is 0.339 e. The Kier molecular flexibility index (Phi) is 4.44. The fourth-order valence-corrected chi connectivity index (χ4v) is 1.09. The van der Waals surface area contributed by atoms with Crippen molar-refractivity contribution in [1.82, 2.24) is 10.3 Å². The van der Waals surface area contributed by atoms with Gasteiger partial charge in [-0.1, -0.05) is 0 Å². The molecular weight excluding hydrogens is 208 g/mol. The first-order chi connectivity index (χ1) is 7.65. The Balaban J connectivity index is 2.55. The van der Waals surface area contributed by atoms with Crippen LogP contribution >= 0.6 is 0 Å². The molecule has 1 N–H and O–H groups in total. The average Bonchev–Trinajstić information content (AvgIpc) is 2.30. The number of aromatic nitrogens is 1. The zero-order valence-corrected chi connectivity index (χ0v) is 9.27. The first-order valence-corrected chi connectivity index (χ1v) is 5.04. The van der Waals surface area contributed by atoms with Gasteiger partial charge in [-0.05, 0) is 26.0 Å². The van der Waals surface area contributed by atoms with Crippen LogP contribution in [0, 0.1) is 0 Å². The van der Waals surface area contributed by atoms with Gasteiger partial charge in [0.25, 0.3) is 5.91 Å². The Morgan fingerprint density at radius 2 is 2.06 bits per heavy atom. The van der Waals surface area contributed by atoms with Crippen LogP contribution in [0.4, 0.5) is 0 Å². The smallest absolute Gasteiger partial charge is 0.339 e. The first kappa shape index (κ1) is 12.2. The number of carbonyl (C=O) groups is 2. The summed E-state index contributed by atoms with van der Waals surface area (Å²) in [5, 5.41) is 2.57. The highest BCUT2D eigenvalue weighted by atomic mass is 16.5. The minimum absolute atomic E-state index is 0.301. The number of esters is 1. The van der Waals surface area contributed by atoms with Gasteiger partial charge in [0.15, 0.2) is 6.10 Å². The van der Waals surface area contributed by atoms with E-state index in [-0.39, 0.29) is 5.91 Å². The summed E-state index contributed by atoms with van der Waals surface area (Å²) >= 11 is 0. The summed E-state index contributed by atoms with van der Waals surface area (Å²) < 4.78 is 4.97. The lowest BCUT2D eigenvalue weighted by molar-refractivity contribution is -0.128. The lowest BCUT2D eigenvalue weighted by Crippen LogP contribution is -2.35. The van der Waals surface area contributed by atoms with Gasteiger partial charge in [0.1, 0.15) is 0 Å². The lowest BCUT2D eigenvalue weighted by atomic mass is 10.3. The topological polar surface area (TPSA) is 68.3 Å². The fourth-order valence-electron chi connectivity index (χ4n) is 1.09. The highest BCUT2D eigenvalue weighted by Crippen LogP contribution is 2.02. The number of likely N-dealkylation sites (N-methyl/N-ethyl adjacent to an activating group) is 1. The van der Waals surface area contributed by atoms with Gasteiger partial charge in [0.05, 0.1) is 5.56 Å². The van der Waals surface area contributed by atoms with Crippen molar-refractivity contribution in [2.24, 2.45) is 0 Å².